The van der Waals surface area contributed by atoms with Gasteiger partial charge in [-0.15, -0.1) is 0 Å². The summed E-state index contributed by atoms with van der Waals surface area (Å²) in [4.78, 5) is 10.9. The first-order valence-corrected chi connectivity index (χ1v) is 5.70. The van der Waals surface area contributed by atoms with E-state index in [0.29, 0.717) is 19.3 Å². The molecule has 1 saturated heterocycles. The lowest BCUT2D eigenvalue weighted by molar-refractivity contribution is -0.197. The number of hydrogen-bond acceptors (Lipinski definition) is 5. The molecule has 4 atom stereocenters. The van der Waals surface area contributed by atoms with Gasteiger partial charge in [-0.25, -0.2) is 0 Å². The minimum atomic E-state index is -0.709. The molecule has 0 radical (unpaired) electrons. The number of aliphatic hydroxyl groups is 2. The van der Waals surface area contributed by atoms with Crippen LogP contribution in [0, 0.1) is 0 Å². The molecule has 1 fully saturated rings. The van der Waals surface area contributed by atoms with Gasteiger partial charge in [0, 0.05) is 20.0 Å². The topological polar surface area (TPSA) is 76.0 Å². The fraction of sp³-hybridized carbons (Fsp3) is 0.909. The van der Waals surface area contributed by atoms with Crippen LogP contribution in [0.2, 0.25) is 0 Å². The Morgan fingerprint density at radius 2 is 2.25 bits per heavy atom. The Labute approximate surface area is 95.4 Å². The summed E-state index contributed by atoms with van der Waals surface area (Å²) in [6.45, 7) is 3.26. The molecule has 94 valence electrons. The Hall–Kier alpha value is -0.650. The van der Waals surface area contributed by atoms with E-state index in [1.165, 1.54) is 6.92 Å². The molecular weight excluding hydrogens is 212 g/mol. The van der Waals surface area contributed by atoms with Crippen LogP contribution in [0.5, 0.6) is 0 Å². The first kappa shape index (κ1) is 13.4. The third-order valence-electron chi connectivity index (χ3n) is 2.77. The number of carbonyl (C=O) groups excluding carboxylic acids is 1. The van der Waals surface area contributed by atoms with Crippen LogP contribution in [0.15, 0.2) is 0 Å². The van der Waals surface area contributed by atoms with Gasteiger partial charge in [-0.1, -0.05) is 6.92 Å². The van der Waals surface area contributed by atoms with Crippen molar-refractivity contribution in [3.8, 4) is 0 Å². The number of carbonyl (C=O) groups is 1. The second kappa shape index (κ2) is 6.18. The molecule has 1 aliphatic rings. The molecule has 2 N–H and O–H groups in total. The second-order valence-electron chi connectivity index (χ2n) is 4.09. The summed E-state index contributed by atoms with van der Waals surface area (Å²) in [5, 5.41) is 18.7. The van der Waals surface area contributed by atoms with E-state index >= 15 is 0 Å². The number of aliphatic hydroxyl groups excluding tert-OH is 2. The Morgan fingerprint density at radius 3 is 2.75 bits per heavy atom. The molecule has 0 aliphatic carbocycles. The van der Waals surface area contributed by atoms with Crippen molar-refractivity contribution >= 4 is 5.97 Å². The quantitative estimate of drug-likeness (QED) is 0.678. The predicted molar refractivity (Wildman–Crippen MR) is 56.8 cm³/mol. The molecule has 1 heterocycles. The van der Waals surface area contributed by atoms with E-state index in [1.54, 1.807) is 0 Å². The Balaban J connectivity index is 2.61. The highest BCUT2D eigenvalue weighted by atomic mass is 16.6. The molecule has 0 saturated carbocycles. The zero-order valence-corrected chi connectivity index (χ0v) is 9.76. The van der Waals surface area contributed by atoms with Crippen molar-refractivity contribution in [3.05, 3.63) is 0 Å². The van der Waals surface area contributed by atoms with Crippen LogP contribution >= 0.6 is 0 Å². The third kappa shape index (κ3) is 3.43. The van der Waals surface area contributed by atoms with Crippen LogP contribution in [0.25, 0.3) is 0 Å². The normalized spacial score (nSPS) is 34.8. The fourth-order valence-electron chi connectivity index (χ4n) is 2.04. The molecule has 5 heteroatoms. The van der Waals surface area contributed by atoms with E-state index in [-0.39, 0.29) is 18.8 Å². The zero-order chi connectivity index (χ0) is 12.1. The molecule has 5 nitrogen and oxygen atoms in total. The molecule has 4 unspecified atom stereocenters. The highest BCUT2D eigenvalue weighted by Crippen LogP contribution is 2.26. The first-order chi connectivity index (χ1) is 7.58. The van der Waals surface area contributed by atoms with Crippen molar-refractivity contribution in [1.82, 2.24) is 0 Å². The SMILES string of the molecule is CCC1OC(CCO)CC(O)C1OC(C)=O. The Morgan fingerprint density at radius 1 is 1.56 bits per heavy atom. The Kier molecular flexibility index (Phi) is 5.18. The highest BCUT2D eigenvalue weighted by molar-refractivity contribution is 5.66. The summed E-state index contributed by atoms with van der Waals surface area (Å²) < 4.78 is 10.7. The summed E-state index contributed by atoms with van der Waals surface area (Å²) in [5.41, 5.74) is 0. The van der Waals surface area contributed by atoms with Crippen LogP contribution in [0.1, 0.15) is 33.1 Å². The van der Waals surface area contributed by atoms with Gasteiger partial charge < -0.3 is 19.7 Å². The van der Waals surface area contributed by atoms with E-state index in [9.17, 15) is 9.90 Å². The molecule has 0 amide bonds. The fourth-order valence-corrected chi connectivity index (χ4v) is 2.04. The lowest BCUT2D eigenvalue weighted by atomic mass is 9.95. The van der Waals surface area contributed by atoms with Crippen molar-refractivity contribution in [1.29, 1.82) is 0 Å². The van der Waals surface area contributed by atoms with Gasteiger partial charge in [0.25, 0.3) is 0 Å². The van der Waals surface area contributed by atoms with Crippen LogP contribution in [-0.2, 0) is 14.3 Å². The van der Waals surface area contributed by atoms with E-state index in [1.807, 2.05) is 6.92 Å². The number of rotatable bonds is 4. The average Bonchev–Trinajstić information content (AvgIpc) is 2.21. The van der Waals surface area contributed by atoms with Crippen molar-refractivity contribution in [3.63, 3.8) is 0 Å². The van der Waals surface area contributed by atoms with E-state index in [4.69, 9.17) is 14.6 Å². The van der Waals surface area contributed by atoms with Crippen molar-refractivity contribution in [2.45, 2.75) is 57.5 Å². The molecule has 0 aromatic heterocycles. The molecule has 1 aliphatic heterocycles. The molecule has 16 heavy (non-hydrogen) atoms. The minimum absolute atomic E-state index is 0.0338. The lowest BCUT2D eigenvalue weighted by Gasteiger charge is -2.38. The molecule has 0 aromatic rings. The van der Waals surface area contributed by atoms with Gasteiger partial charge in [-0.05, 0) is 12.8 Å². The van der Waals surface area contributed by atoms with Crippen LogP contribution in [-0.4, -0.2) is 47.2 Å². The summed E-state index contributed by atoms with van der Waals surface area (Å²) in [5.74, 6) is -0.410. The smallest absolute Gasteiger partial charge is 0.303 e. The number of ether oxygens (including phenoxy) is 2. The largest absolute Gasteiger partial charge is 0.457 e. The van der Waals surface area contributed by atoms with Gasteiger partial charge in [0.2, 0.25) is 0 Å². The van der Waals surface area contributed by atoms with Crippen LogP contribution in [0.3, 0.4) is 0 Å². The van der Waals surface area contributed by atoms with Gasteiger partial charge in [0.1, 0.15) is 0 Å². The standard InChI is InChI=1S/C11H20O5/c1-3-10-11(15-7(2)13)9(14)6-8(16-10)4-5-12/h8-12,14H,3-6H2,1-2H3. The Bertz CT molecular complexity index is 230. The van der Waals surface area contributed by atoms with Gasteiger partial charge >= 0.3 is 5.97 Å². The second-order valence-corrected chi connectivity index (χ2v) is 4.09. The van der Waals surface area contributed by atoms with Gasteiger partial charge in [0.15, 0.2) is 6.10 Å². The number of esters is 1. The van der Waals surface area contributed by atoms with E-state index in [2.05, 4.69) is 0 Å². The highest BCUT2D eigenvalue weighted by Gasteiger charge is 2.38. The van der Waals surface area contributed by atoms with Crippen molar-refractivity contribution in [2.75, 3.05) is 6.61 Å². The summed E-state index contributed by atoms with van der Waals surface area (Å²) >= 11 is 0. The molecular formula is C11H20O5. The third-order valence-corrected chi connectivity index (χ3v) is 2.77. The predicted octanol–water partition coefficient (Wildman–Crippen LogP) is 0.229. The van der Waals surface area contributed by atoms with Crippen molar-refractivity contribution < 1.29 is 24.5 Å². The van der Waals surface area contributed by atoms with Gasteiger partial charge in [0.05, 0.1) is 18.3 Å². The van der Waals surface area contributed by atoms with E-state index < -0.39 is 18.2 Å². The van der Waals surface area contributed by atoms with E-state index in [0.717, 1.165) is 0 Å². The van der Waals surface area contributed by atoms with Crippen LogP contribution in [0.4, 0.5) is 0 Å². The molecule has 0 aromatic carbocycles. The van der Waals surface area contributed by atoms with Crippen LogP contribution < -0.4 is 0 Å². The van der Waals surface area contributed by atoms with Gasteiger partial charge in [-0.3, -0.25) is 4.79 Å². The monoisotopic (exact) mass is 232 g/mol. The zero-order valence-electron chi connectivity index (χ0n) is 9.76. The summed E-state index contributed by atoms with van der Waals surface area (Å²) in [7, 11) is 0. The summed E-state index contributed by atoms with van der Waals surface area (Å²) in [6.07, 6.45) is -0.177. The first-order valence-electron chi connectivity index (χ1n) is 5.70. The average molecular weight is 232 g/mol. The molecule has 0 spiro atoms. The van der Waals surface area contributed by atoms with Crippen molar-refractivity contribution in [2.24, 2.45) is 0 Å². The maximum absolute atomic E-state index is 10.9. The van der Waals surface area contributed by atoms with Gasteiger partial charge in [-0.2, -0.15) is 0 Å². The maximum Gasteiger partial charge on any atom is 0.303 e. The maximum atomic E-state index is 10.9. The molecule has 1 rings (SSSR count). The molecule has 0 bridgehead atoms. The number of hydrogen-bond donors (Lipinski definition) is 2. The lowest BCUT2D eigenvalue weighted by Crippen LogP contribution is -2.50. The summed E-state index contributed by atoms with van der Waals surface area (Å²) in [6, 6.07) is 0. The minimum Gasteiger partial charge on any atom is -0.457 e.